The molecule has 1 aliphatic rings. The lowest BCUT2D eigenvalue weighted by Crippen LogP contribution is -2.49. The van der Waals surface area contributed by atoms with E-state index in [0.717, 1.165) is 10.1 Å². The number of carbonyl (C=O) groups excluding carboxylic acids is 1. The van der Waals surface area contributed by atoms with Gasteiger partial charge in [0.2, 0.25) is 0 Å². The van der Waals surface area contributed by atoms with Gasteiger partial charge in [-0.1, -0.05) is 46.9 Å². The van der Waals surface area contributed by atoms with Gasteiger partial charge < -0.3 is 9.80 Å². The van der Waals surface area contributed by atoms with Gasteiger partial charge >= 0.3 is 0 Å². The number of rotatable bonds is 3. The first-order valence-corrected chi connectivity index (χ1v) is 10.7. The van der Waals surface area contributed by atoms with Crippen molar-refractivity contribution in [2.24, 2.45) is 0 Å². The molecular weight excluding hydrogens is 457 g/mol. The van der Waals surface area contributed by atoms with Gasteiger partial charge in [0.05, 0.1) is 15.0 Å². The number of thiophene rings is 1. The molecule has 4 rings (SSSR count). The van der Waals surface area contributed by atoms with Crippen molar-refractivity contribution < 1.29 is 9.72 Å². The number of nitro groups is 1. The molecule has 0 aliphatic carbocycles. The largest absolute Gasteiger partial charge is 0.361 e. The topological polar surface area (TPSA) is 66.7 Å². The molecule has 0 spiro atoms. The fourth-order valence-electron chi connectivity index (χ4n) is 3.42. The molecule has 1 fully saturated rings. The Morgan fingerprint density at radius 3 is 2.48 bits per heavy atom. The van der Waals surface area contributed by atoms with E-state index in [4.69, 9.17) is 34.8 Å². The highest BCUT2D eigenvalue weighted by Gasteiger charge is 2.29. The third-order valence-corrected chi connectivity index (χ3v) is 7.02. The molecule has 0 radical (unpaired) electrons. The number of amides is 1. The average Bonchev–Trinajstić information content (AvgIpc) is 3.03. The molecule has 0 bridgehead atoms. The van der Waals surface area contributed by atoms with Crippen LogP contribution in [0, 0.1) is 10.1 Å². The molecule has 150 valence electrons. The molecule has 1 aliphatic heterocycles. The molecule has 2 aromatic carbocycles. The molecule has 1 aromatic heterocycles. The normalized spacial score (nSPS) is 14.4. The second-order valence-electron chi connectivity index (χ2n) is 6.53. The fraction of sp³-hybridized carbons (Fsp3) is 0.211. The predicted molar refractivity (Wildman–Crippen MR) is 118 cm³/mol. The van der Waals surface area contributed by atoms with Crippen LogP contribution in [0.2, 0.25) is 15.1 Å². The van der Waals surface area contributed by atoms with Crippen LogP contribution in [-0.2, 0) is 0 Å². The average molecular weight is 471 g/mol. The first-order valence-electron chi connectivity index (χ1n) is 8.71. The number of para-hydroxylation sites is 1. The van der Waals surface area contributed by atoms with Crippen LogP contribution in [0.25, 0.3) is 10.1 Å². The molecule has 2 heterocycles. The quantitative estimate of drug-likeness (QED) is 0.362. The SMILES string of the molecule is O=C(c1sc2cc(Cl)ccc2c1Cl)N1CCN(c2c(Cl)cccc2[N+](=O)[O-])CC1. The zero-order valence-electron chi connectivity index (χ0n) is 14.9. The molecular formula is C19H14Cl3N3O3S. The minimum atomic E-state index is -0.444. The Morgan fingerprint density at radius 2 is 1.79 bits per heavy atom. The number of fused-ring (bicyclic) bond motifs is 1. The Kier molecular flexibility index (Phi) is 5.57. The van der Waals surface area contributed by atoms with E-state index in [-0.39, 0.29) is 11.6 Å². The minimum Gasteiger partial charge on any atom is -0.361 e. The zero-order valence-corrected chi connectivity index (χ0v) is 18.0. The van der Waals surface area contributed by atoms with Crippen LogP contribution in [-0.4, -0.2) is 41.9 Å². The van der Waals surface area contributed by atoms with E-state index in [1.807, 2.05) is 11.0 Å². The predicted octanol–water partition coefficient (Wildman–Crippen LogP) is 5.73. The molecule has 1 saturated heterocycles. The monoisotopic (exact) mass is 469 g/mol. The number of hydrogen-bond donors (Lipinski definition) is 0. The summed E-state index contributed by atoms with van der Waals surface area (Å²) in [7, 11) is 0. The molecule has 0 saturated carbocycles. The standard InChI is InChI=1S/C19H14Cl3N3O3S/c20-11-4-5-12-15(10-11)29-18(16(12)22)19(26)24-8-6-23(7-9-24)17-13(21)2-1-3-14(17)25(27)28/h1-5,10H,6-9H2. The van der Waals surface area contributed by atoms with Crippen molar-refractivity contribution in [2.45, 2.75) is 0 Å². The van der Waals surface area contributed by atoms with Gasteiger partial charge in [-0.3, -0.25) is 14.9 Å². The lowest BCUT2D eigenvalue weighted by molar-refractivity contribution is -0.384. The lowest BCUT2D eigenvalue weighted by atomic mass is 10.2. The molecule has 0 N–H and O–H groups in total. The van der Waals surface area contributed by atoms with Gasteiger partial charge in [0.25, 0.3) is 11.6 Å². The van der Waals surface area contributed by atoms with E-state index < -0.39 is 4.92 Å². The number of anilines is 1. The van der Waals surface area contributed by atoms with Crippen LogP contribution in [0.15, 0.2) is 36.4 Å². The number of nitro benzene ring substituents is 1. The minimum absolute atomic E-state index is 0.0401. The van der Waals surface area contributed by atoms with Crippen molar-refractivity contribution in [3.8, 4) is 0 Å². The molecule has 1 amide bonds. The summed E-state index contributed by atoms with van der Waals surface area (Å²) in [6.07, 6.45) is 0. The first-order chi connectivity index (χ1) is 13.9. The van der Waals surface area contributed by atoms with Crippen molar-refractivity contribution in [1.82, 2.24) is 4.90 Å². The Labute approximate surface area is 185 Å². The maximum absolute atomic E-state index is 13.0. The van der Waals surface area contributed by atoms with E-state index >= 15 is 0 Å². The highest BCUT2D eigenvalue weighted by molar-refractivity contribution is 7.21. The Bertz CT molecular complexity index is 1130. The molecule has 0 unspecified atom stereocenters. The summed E-state index contributed by atoms with van der Waals surface area (Å²) in [5, 5.41) is 13.5. The van der Waals surface area contributed by atoms with Gasteiger partial charge in [-0.2, -0.15) is 0 Å². The summed E-state index contributed by atoms with van der Waals surface area (Å²) < 4.78 is 0.858. The lowest BCUT2D eigenvalue weighted by Gasteiger charge is -2.36. The zero-order chi connectivity index (χ0) is 20.7. The van der Waals surface area contributed by atoms with Crippen molar-refractivity contribution in [1.29, 1.82) is 0 Å². The molecule has 0 atom stereocenters. The van der Waals surface area contributed by atoms with Crippen LogP contribution in [0.3, 0.4) is 0 Å². The number of piperazine rings is 1. The number of halogens is 3. The highest BCUT2D eigenvalue weighted by Crippen LogP contribution is 2.38. The van der Waals surface area contributed by atoms with Crippen molar-refractivity contribution >= 4 is 73.5 Å². The number of hydrogen-bond acceptors (Lipinski definition) is 5. The second kappa shape index (κ2) is 7.99. The van der Waals surface area contributed by atoms with Crippen molar-refractivity contribution in [2.75, 3.05) is 31.1 Å². The Balaban J connectivity index is 1.54. The number of carbonyl (C=O) groups is 1. The summed E-state index contributed by atoms with van der Waals surface area (Å²) in [5.41, 5.74) is 0.350. The summed E-state index contributed by atoms with van der Waals surface area (Å²) >= 11 is 20.0. The van der Waals surface area contributed by atoms with E-state index in [2.05, 4.69) is 0 Å². The Morgan fingerprint density at radius 1 is 1.07 bits per heavy atom. The van der Waals surface area contributed by atoms with Crippen molar-refractivity contribution in [3.63, 3.8) is 0 Å². The first kappa shape index (κ1) is 20.2. The van der Waals surface area contributed by atoms with Gasteiger partial charge in [0.1, 0.15) is 10.6 Å². The molecule has 29 heavy (non-hydrogen) atoms. The maximum Gasteiger partial charge on any atom is 0.294 e. The van der Waals surface area contributed by atoms with Crippen LogP contribution < -0.4 is 4.90 Å². The van der Waals surface area contributed by atoms with E-state index in [1.54, 1.807) is 29.2 Å². The summed E-state index contributed by atoms with van der Waals surface area (Å²) in [5.74, 6) is -0.152. The number of nitrogens with zero attached hydrogens (tertiary/aromatic N) is 3. The van der Waals surface area contributed by atoms with Gasteiger partial charge in [0, 0.05) is 47.4 Å². The third-order valence-electron chi connectivity index (χ3n) is 4.83. The number of benzene rings is 2. The van der Waals surface area contributed by atoms with Crippen molar-refractivity contribution in [3.05, 3.63) is 66.5 Å². The molecule has 3 aromatic rings. The Hall–Kier alpha value is -2.06. The van der Waals surface area contributed by atoms with Gasteiger partial charge in [-0.25, -0.2) is 0 Å². The van der Waals surface area contributed by atoms with Gasteiger partial charge in [0.15, 0.2) is 0 Å². The highest BCUT2D eigenvalue weighted by atomic mass is 35.5. The van der Waals surface area contributed by atoms with Crippen LogP contribution in [0.1, 0.15) is 9.67 Å². The molecule has 6 nitrogen and oxygen atoms in total. The summed E-state index contributed by atoms with van der Waals surface area (Å²) in [6, 6.07) is 9.95. The molecule has 10 heteroatoms. The van der Waals surface area contributed by atoms with Crippen LogP contribution in [0.5, 0.6) is 0 Å². The van der Waals surface area contributed by atoms with E-state index in [1.165, 1.54) is 17.4 Å². The third kappa shape index (κ3) is 3.75. The summed E-state index contributed by atoms with van der Waals surface area (Å²) in [4.78, 5) is 28.0. The smallest absolute Gasteiger partial charge is 0.294 e. The second-order valence-corrected chi connectivity index (χ2v) is 8.80. The summed E-state index contributed by atoms with van der Waals surface area (Å²) in [6.45, 7) is 1.69. The fourth-order valence-corrected chi connectivity index (χ4v) is 5.46. The van der Waals surface area contributed by atoms with Gasteiger partial charge in [-0.15, -0.1) is 11.3 Å². The van der Waals surface area contributed by atoms with E-state index in [0.29, 0.717) is 51.8 Å². The van der Waals surface area contributed by atoms with E-state index in [9.17, 15) is 14.9 Å². The van der Waals surface area contributed by atoms with Crippen LogP contribution in [0.4, 0.5) is 11.4 Å². The van der Waals surface area contributed by atoms with Gasteiger partial charge in [-0.05, 0) is 18.2 Å². The maximum atomic E-state index is 13.0. The van der Waals surface area contributed by atoms with Crippen LogP contribution >= 0.6 is 46.1 Å².